The van der Waals surface area contributed by atoms with Crippen LogP contribution in [0.5, 0.6) is 0 Å². The van der Waals surface area contributed by atoms with E-state index in [1.54, 1.807) is 0 Å². The summed E-state index contributed by atoms with van der Waals surface area (Å²) in [4.78, 5) is 30.3. The highest BCUT2D eigenvalue weighted by atomic mass is 32.2. The fourth-order valence-corrected chi connectivity index (χ4v) is 5.10. The first-order chi connectivity index (χ1) is 15.7. The van der Waals surface area contributed by atoms with Gasteiger partial charge in [-0.15, -0.1) is 11.8 Å². The second-order valence-corrected chi connectivity index (χ2v) is 11.2. The Labute approximate surface area is 202 Å². The third-order valence-corrected chi connectivity index (χ3v) is 6.76. The number of piperazine rings is 1. The molecule has 1 atom stereocenters. The molecule has 0 spiro atoms. The lowest BCUT2D eigenvalue weighted by Gasteiger charge is -2.37. The van der Waals surface area contributed by atoms with E-state index in [0.29, 0.717) is 18.1 Å². The van der Waals surface area contributed by atoms with Crippen molar-refractivity contribution in [2.75, 3.05) is 42.1 Å². The number of rotatable bonds is 8. The van der Waals surface area contributed by atoms with Crippen molar-refractivity contribution in [2.24, 2.45) is 11.3 Å². The molecule has 1 aliphatic heterocycles. The molecular weight excluding hydrogens is 430 g/mol. The lowest BCUT2D eigenvalue weighted by Crippen LogP contribution is -2.49. The Morgan fingerprint density at radius 1 is 0.970 bits per heavy atom. The summed E-state index contributed by atoms with van der Waals surface area (Å²) in [7, 11) is 0. The van der Waals surface area contributed by atoms with E-state index in [4.69, 9.17) is 0 Å². The summed E-state index contributed by atoms with van der Waals surface area (Å²) in [6, 6.07) is 17.9. The number of nitrogens with zero attached hydrogens (tertiary/aromatic N) is 2. The molecule has 2 aromatic rings. The molecule has 0 bridgehead atoms. The highest BCUT2D eigenvalue weighted by Crippen LogP contribution is 2.27. The number of nitrogens with one attached hydrogen (secondary N) is 1. The molecule has 2 aromatic carbocycles. The Morgan fingerprint density at radius 2 is 1.61 bits per heavy atom. The Hall–Kier alpha value is -2.47. The summed E-state index contributed by atoms with van der Waals surface area (Å²) in [5, 5.41) is 2.97. The first-order valence-corrected chi connectivity index (χ1v) is 12.8. The van der Waals surface area contributed by atoms with E-state index in [2.05, 4.69) is 37.9 Å². The van der Waals surface area contributed by atoms with Gasteiger partial charge in [-0.2, -0.15) is 0 Å². The van der Waals surface area contributed by atoms with Crippen LogP contribution < -0.4 is 10.2 Å². The molecule has 6 heteroatoms. The Morgan fingerprint density at radius 3 is 2.21 bits per heavy atom. The van der Waals surface area contributed by atoms with Crippen LogP contribution in [0.3, 0.4) is 0 Å². The standard InChI is InChI=1S/C27H37N3O2S/c1-21(19-27(2,3)4)18-26(32)30-16-14-29(15-17-30)23-12-10-22(11-13-23)28-25(31)20-33-24-8-6-5-7-9-24/h5-13,21H,14-20H2,1-4H3,(H,28,31). The Kier molecular flexibility index (Phi) is 8.84. The van der Waals surface area contributed by atoms with E-state index in [1.807, 2.05) is 59.5 Å². The maximum Gasteiger partial charge on any atom is 0.234 e. The summed E-state index contributed by atoms with van der Waals surface area (Å²) in [6.07, 6.45) is 1.70. The molecule has 178 valence electrons. The minimum Gasteiger partial charge on any atom is -0.368 e. The van der Waals surface area contributed by atoms with Crippen LogP contribution in [0, 0.1) is 11.3 Å². The van der Waals surface area contributed by atoms with Crippen molar-refractivity contribution in [3.8, 4) is 0 Å². The van der Waals surface area contributed by atoms with Crippen molar-refractivity contribution in [1.82, 2.24) is 4.90 Å². The van der Waals surface area contributed by atoms with Gasteiger partial charge < -0.3 is 15.1 Å². The monoisotopic (exact) mass is 467 g/mol. The maximum atomic E-state index is 12.7. The third-order valence-electron chi connectivity index (χ3n) is 5.75. The van der Waals surface area contributed by atoms with E-state index in [-0.39, 0.29) is 17.2 Å². The first kappa shape index (κ1) is 25.2. The molecular formula is C27H37N3O2S. The van der Waals surface area contributed by atoms with Crippen LogP contribution >= 0.6 is 11.8 Å². The summed E-state index contributed by atoms with van der Waals surface area (Å²) < 4.78 is 0. The number of hydrogen-bond acceptors (Lipinski definition) is 4. The molecule has 33 heavy (non-hydrogen) atoms. The quantitative estimate of drug-likeness (QED) is 0.519. The first-order valence-electron chi connectivity index (χ1n) is 11.8. The predicted octanol–water partition coefficient (Wildman–Crippen LogP) is 5.53. The molecule has 1 heterocycles. The van der Waals surface area contributed by atoms with Crippen LogP contribution in [-0.2, 0) is 9.59 Å². The molecule has 0 aliphatic carbocycles. The van der Waals surface area contributed by atoms with Crippen LogP contribution in [0.4, 0.5) is 11.4 Å². The maximum absolute atomic E-state index is 12.7. The average molecular weight is 468 g/mol. The fourth-order valence-electron chi connectivity index (χ4n) is 4.38. The zero-order chi connectivity index (χ0) is 23.8. The lowest BCUT2D eigenvalue weighted by atomic mass is 9.84. The lowest BCUT2D eigenvalue weighted by molar-refractivity contribution is -0.132. The summed E-state index contributed by atoms with van der Waals surface area (Å²) >= 11 is 1.53. The van der Waals surface area contributed by atoms with Gasteiger partial charge in [-0.05, 0) is 54.2 Å². The minimum atomic E-state index is -0.00980. The van der Waals surface area contributed by atoms with Gasteiger partial charge in [0.1, 0.15) is 0 Å². The number of benzene rings is 2. The number of anilines is 2. The second-order valence-electron chi connectivity index (χ2n) is 10.1. The third kappa shape index (κ3) is 8.43. The van der Waals surface area contributed by atoms with Gasteiger partial charge >= 0.3 is 0 Å². The highest BCUT2D eigenvalue weighted by molar-refractivity contribution is 8.00. The molecule has 0 radical (unpaired) electrons. The van der Waals surface area contributed by atoms with E-state index in [0.717, 1.165) is 48.9 Å². The van der Waals surface area contributed by atoms with E-state index >= 15 is 0 Å². The van der Waals surface area contributed by atoms with Gasteiger partial charge in [0.25, 0.3) is 0 Å². The molecule has 1 saturated heterocycles. The molecule has 2 amide bonds. The van der Waals surface area contributed by atoms with Gasteiger partial charge in [-0.1, -0.05) is 45.9 Å². The SMILES string of the molecule is CC(CC(=O)N1CCN(c2ccc(NC(=O)CSc3ccccc3)cc2)CC1)CC(C)(C)C. The largest absolute Gasteiger partial charge is 0.368 e. The normalized spacial score (nSPS) is 15.3. The number of thioether (sulfide) groups is 1. The van der Waals surface area contributed by atoms with Crippen molar-refractivity contribution in [3.63, 3.8) is 0 Å². The van der Waals surface area contributed by atoms with Gasteiger partial charge in [0.15, 0.2) is 0 Å². The van der Waals surface area contributed by atoms with E-state index in [9.17, 15) is 9.59 Å². The highest BCUT2D eigenvalue weighted by Gasteiger charge is 2.24. The number of hydrogen-bond donors (Lipinski definition) is 1. The smallest absolute Gasteiger partial charge is 0.234 e. The molecule has 1 N–H and O–H groups in total. The summed E-state index contributed by atoms with van der Waals surface area (Å²) in [5.41, 5.74) is 2.18. The van der Waals surface area contributed by atoms with Crippen LogP contribution in [0.1, 0.15) is 40.5 Å². The average Bonchev–Trinajstić information content (AvgIpc) is 2.78. The molecule has 0 saturated carbocycles. The van der Waals surface area contributed by atoms with Crippen LogP contribution in [0.15, 0.2) is 59.5 Å². The van der Waals surface area contributed by atoms with Gasteiger partial charge in [-0.25, -0.2) is 0 Å². The minimum absolute atomic E-state index is 0.00980. The van der Waals surface area contributed by atoms with Crippen LogP contribution in [-0.4, -0.2) is 48.6 Å². The van der Waals surface area contributed by atoms with Crippen molar-refractivity contribution < 1.29 is 9.59 Å². The zero-order valence-electron chi connectivity index (χ0n) is 20.3. The zero-order valence-corrected chi connectivity index (χ0v) is 21.2. The van der Waals surface area contributed by atoms with Crippen LogP contribution in [0.25, 0.3) is 0 Å². The second kappa shape index (κ2) is 11.6. The summed E-state index contributed by atoms with van der Waals surface area (Å²) in [5.74, 6) is 1.06. The summed E-state index contributed by atoms with van der Waals surface area (Å²) in [6.45, 7) is 12.1. The Balaban J connectivity index is 1.42. The van der Waals surface area contributed by atoms with Crippen molar-refractivity contribution in [3.05, 3.63) is 54.6 Å². The topological polar surface area (TPSA) is 52.7 Å². The van der Waals surface area contributed by atoms with E-state index in [1.165, 1.54) is 11.8 Å². The van der Waals surface area contributed by atoms with Gasteiger partial charge in [-0.3, -0.25) is 9.59 Å². The molecule has 1 fully saturated rings. The van der Waals surface area contributed by atoms with Gasteiger partial charge in [0.05, 0.1) is 5.75 Å². The molecule has 1 unspecified atom stereocenters. The number of amides is 2. The van der Waals surface area contributed by atoms with Gasteiger partial charge in [0, 0.05) is 48.9 Å². The van der Waals surface area contributed by atoms with Crippen LogP contribution in [0.2, 0.25) is 0 Å². The molecule has 0 aromatic heterocycles. The number of carbonyl (C=O) groups excluding carboxylic acids is 2. The molecule has 3 rings (SSSR count). The van der Waals surface area contributed by atoms with E-state index < -0.39 is 0 Å². The van der Waals surface area contributed by atoms with Crippen molar-refractivity contribution in [2.45, 2.75) is 45.4 Å². The van der Waals surface area contributed by atoms with Crippen molar-refractivity contribution >= 4 is 35.0 Å². The van der Waals surface area contributed by atoms with Gasteiger partial charge in [0.2, 0.25) is 11.8 Å². The Bertz CT molecular complexity index is 901. The number of carbonyl (C=O) groups is 2. The van der Waals surface area contributed by atoms with Crippen molar-refractivity contribution in [1.29, 1.82) is 0 Å². The molecule has 5 nitrogen and oxygen atoms in total. The molecule has 1 aliphatic rings. The fraction of sp³-hybridized carbons (Fsp3) is 0.481. The predicted molar refractivity (Wildman–Crippen MR) is 139 cm³/mol.